The van der Waals surface area contributed by atoms with Crippen LogP contribution in [0.2, 0.25) is 0 Å². The fraction of sp³-hybridized carbons (Fsp3) is 0.286. The van der Waals surface area contributed by atoms with Gasteiger partial charge in [-0.05, 0) is 81.9 Å². The van der Waals surface area contributed by atoms with E-state index in [4.69, 9.17) is 4.74 Å². The zero-order valence-electron chi connectivity index (χ0n) is 20.9. The molecule has 4 amide bonds. The molecule has 8 nitrogen and oxygen atoms in total. The van der Waals surface area contributed by atoms with Crippen molar-refractivity contribution in [2.24, 2.45) is 0 Å². The third kappa shape index (κ3) is 4.23. The van der Waals surface area contributed by atoms with Crippen LogP contribution in [0.1, 0.15) is 52.7 Å². The minimum absolute atomic E-state index is 0.146. The molecule has 5 rings (SSSR count). The smallest absolute Gasteiger partial charge is 0.335 e. The van der Waals surface area contributed by atoms with Crippen LogP contribution in [0.15, 0.2) is 35.9 Å². The molecule has 1 N–H and O–H groups in total. The molecule has 2 aromatic heterocycles. The molecule has 37 heavy (non-hydrogen) atoms. The molecule has 9 heteroatoms. The molecule has 0 atom stereocenters. The van der Waals surface area contributed by atoms with Crippen LogP contribution < -0.4 is 15.0 Å². The summed E-state index contributed by atoms with van der Waals surface area (Å²) in [7, 11) is 0. The van der Waals surface area contributed by atoms with Gasteiger partial charge in [0.25, 0.3) is 11.8 Å². The Hall–Kier alpha value is -4.16. The number of ether oxygens (including phenoxy) is 1. The minimum Gasteiger partial charge on any atom is -0.494 e. The number of aryl methyl sites for hydroxylation is 2. The van der Waals surface area contributed by atoms with E-state index < -0.39 is 17.8 Å². The number of carbonyl (C=O) groups excluding carboxylic acids is 3. The van der Waals surface area contributed by atoms with E-state index in [1.807, 2.05) is 31.4 Å². The largest absolute Gasteiger partial charge is 0.494 e. The predicted octanol–water partition coefficient (Wildman–Crippen LogP) is 4.97. The van der Waals surface area contributed by atoms with Gasteiger partial charge in [0.1, 0.15) is 22.4 Å². The van der Waals surface area contributed by atoms with Gasteiger partial charge in [-0.2, -0.15) is 5.26 Å². The van der Waals surface area contributed by atoms with Crippen molar-refractivity contribution in [2.75, 3.05) is 11.5 Å². The quantitative estimate of drug-likeness (QED) is 0.382. The zero-order valence-corrected chi connectivity index (χ0v) is 21.7. The average molecular weight is 515 g/mol. The average Bonchev–Trinajstić information content (AvgIpc) is 3.37. The van der Waals surface area contributed by atoms with Crippen LogP contribution >= 0.6 is 11.3 Å². The van der Waals surface area contributed by atoms with E-state index in [0.29, 0.717) is 29.2 Å². The molecule has 1 aromatic carbocycles. The highest BCUT2D eigenvalue weighted by molar-refractivity contribution is 7.15. The second-order valence-electron chi connectivity index (χ2n) is 9.05. The number of carbonyl (C=O) groups is 3. The first-order valence-electron chi connectivity index (χ1n) is 12.2. The van der Waals surface area contributed by atoms with E-state index in [0.717, 1.165) is 52.5 Å². The monoisotopic (exact) mass is 514 g/mol. The topological polar surface area (TPSA) is 104 Å². The molecule has 2 aliphatic rings. The van der Waals surface area contributed by atoms with Crippen molar-refractivity contribution >= 4 is 40.9 Å². The third-order valence-corrected chi connectivity index (χ3v) is 8.00. The SMILES string of the molecule is CCOc1cccc(N2C(=O)NC(=O)/C(=C\c3cc(C)n(-c4sc5c(c4C#N)CCCC5)c3C)C2=O)c1. The van der Waals surface area contributed by atoms with Crippen LogP contribution in [0.4, 0.5) is 10.5 Å². The molecule has 1 saturated heterocycles. The van der Waals surface area contributed by atoms with Gasteiger partial charge in [-0.3, -0.25) is 14.9 Å². The van der Waals surface area contributed by atoms with Gasteiger partial charge >= 0.3 is 6.03 Å². The molecule has 0 spiro atoms. The van der Waals surface area contributed by atoms with Crippen LogP contribution in [0, 0.1) is 25.2 Å². The highest BCUT2D eigenvalue weighted by Crippen LogP contribution is 2.38. The van der Waals surface area contributed by atoms with Gasteiger partial charge in [-0.1, -0.05) is 6.07 Å². The Morgan fingerprint density at radius 1 is 1.16 bits per heavy atom. The predicted molar refractivity (Wildman–Crippen MR) is 141 cm³/mol. The molecule has 1 fully saturated rings. The maximum Gasteiger partial charge on any atom is 0.335 e. The number of barbiturate groups is 1. The first-order valence-corrected chi connectivity index (χ1v) is 13.0. The van der Waals surface area contributed by atoms with Crippen molar-refractivity contribution in [3.05, 3.63) is 68.9 Å². The lowest BCUT2D eigenvalue weighted by molar-refractivity contribution is -0.122. The molecule has 0 bridgehead atoms. The van der Waals surface area contributed by atoms with E-state index in [9.17, 15) is 19.6 Å². The number of amides is 4. The van der Waals surface area contributed by atoms with Gasteiger partial charge in [-0.15, -0.1) is 11.3 Å². The second-order valence-corrected chi connectivity index (χ2v) is 10.1. The third-order valence-electron chi connectivity index (χ3n) is 6.73. The standard InChI is InChI=1S/C28H26N4O4S/c1-4-36-20-9-7-8-19(14-20)32-26(34)22(25(33)30-28(32)35)13-18-12-16(2)31(17(18)3)27-23(15-29)21-10-5-6-11-24(21)37-27/h7-9,12-14H,4-6,10-11H2,1-3H3,(H,30,33,35)/b22-13+. The molecule has 1 aliphatic heterocycles. The van der Waals surface area contributed by atoms with Crippen molar-refractivity contribution in [3.63, 3.8) is 0 Å². The molecular formula is C28H26N4O4S. The van der Waals surface area contributed by atoms with E-state index >= 15 is 0 Å². The summed E-state index contributed by atoms with van der Waals surface area (Å²) in [6.07, 6.45) is 5.61. The Morgan fingerprint density at radius 2 is 1.95 bits per heavy atom. The van der Waals surface area contributed by atoms with Gasteiger partial charge in [-0.25, -0.2) is 9.69 Å². The van der Waals surface area contributed by atoms with Gasteiger partial charge in [0, 0.05) is 22.3 Å². The van der Waals surface area contributed by atoms with E-state index in [1.165, 1.54) is 11.0 Å². The van der Waals surface area contributed by atoms with Crippen molar-refractivity contribution < 1.29 is 19.1 Å². The number of hydrogen-bond acceptors (Lipinski definition) is 6. The summed E-state index contributed by atoms with van der Waals surface area (Å²) < 4.78 is 7.52. The number of nitrogens with one attached hydrogen (secondary N) is 1. The molecule has 0 unspecified atom stereocenters. The number of anilines is 1. The normalized spacial score (nSPS) is 16.5. The Labute approximate surface area is 218 Å². The summed E-state index contributed by atoms with van der Waals surface area (Å²) in [5.41, 5.74) is 4.38. The second kappa shape index (κ2) is 9.71. The highest BCUT2D eigenvalue weighted by atomic mass is 32.1. The molecule has 0 saturated carbocycles. The zero-order chi connectivity index (χ0) is 26.3. The first-order chi connectivity index (χ1) is 17.8. The Bertz CT molecular complexity index is 1520. The summed E-state index contributed by atoms with van der Waals surface area (Å²) in [4.78, 5) is 41.0. The summed E-state index contributed by atoms with van der Waals surface area (Å²) in [6.45, 7) is 6.11. The van der Waals surface area contributed by atoms with Gasteiger partial charge < -0.3 is 9.30 Å². The fourth-order valence-corrected chi connectivity index (χ4v) is 6.45. The van der Waals surface area contributed by atoms with Crippen molar-refractivity contribution in [1.82, 2.24) is 9.88 Å². The summed E-state index contributed by atoms with van der Waals surface area (Å²) in [6, 6.07) is 10.1. The van der Waals surface area contributed by atoms with E-state index in [1.54, 1.807) is 35.6 Å². The van der Waals surface area contributed by atoms with Crippen LogP contribution in [0.5, 0.6) is 5.75 Å². The summed E-state index contributed by atoms with van der Waals surface area (Å²) in [5.74, 6) is -0.948. The minimum atomic E-state index is -0.811. The molecule has 0 radical (unpaired) electrons. The number of aromatic nitrogens is 1. The van der Waals surface area contributed by atoms with Crippen LogP contribution in [0.3, 0.4) is 0 Å². The van der Waals surface area contributed by atoms with Crippen LogP contribution in [0.25, 0.3) is 11.1 Å². The number of benzene rings is 1. The number of thiophene rings is 1. The van der Waals surface area contributed by atoms with Gasteiger partial charge in [0.15, 0.2) is 0 Å². The first kappa shape index (κ1) is 24.5. The number of nitrogens with zero attached hydrogens (tertiary/aromatic N) is 3. The number of fused-ring (bicyclic) bond motifs is 1. The van der Waals surface area contributed by atoms with Crippen molar-refractivity contribution in [3.8, 4) is 16.8 Å². The van der Waals surface area contributed by atoms with Crippen LogP contribution in [-0.4, -0.2) is 29.0 Å². The van der Waals surface area contributed by atoms with E-state index in [-0.39, 0.29) is 5.57 Å². The molecule has 3 heterocycles. The molecule has 1 aliphatic carbocycles. The van der Waals surface area contributed by atoms with Crippen molar-refractivity contribution in [2.45, 2.75) is 46.5 Å². The van der Waals surface area contributed by atoms with E-state index in [2.05, 4.69) is 11.4 Å². The summed E-state index contributed by atoms with van der Waals surface area (Å²) >= 11 is 1.64. The molecule has 3 aromatic rings. The maximum absolute atomic E-state index is 13.4. The van der Waals surface area contributed by atoms with Crippen molar-refractivity contribution in [1.29, 1.82) is 5.26 Å². The Kier molecular flexibility index (Phi) is 6.44. The number of rotatable bonds is 5. The Morgan fingerprint density at radius 3 is 2.70 bits per heavy atom. The molecule has 188 valence electrons. The fourth-order valence-electron chi connectivity index (χ4n) is 5.00. The number of imide groups is 2. The number of hydrogen-bond donors (Lipinski definition) is 1. The Balaban J connectivity index is 1.55. The lowest BCUT2D eigenvalue weighted by Crippen LogP contribution is -2.54. The lowest BCUT2D eigenvalue weighted by Gasteiger charge is -2.26. The van der Waals surface area contributed by atoms with Crippen LogP contribution in [-0.2, 0) is 22.4 Å². The highest BCUT2D eigenvalue weighted by Gasteiger charge is 2.37. The van der Waals surface area contributed by atoms with Gasteiger partial charge in [0.05, 0.1) is 17.9 Å². The summed E-state index contributed by atoms with van der Waals surface area (Å²) in [5, 5.41) is 13.1. The number of nitriles is 1. The maximum atomic E-state index is 13.4. The van der Waals surface area contributed by atoms with Gasteiger partial charge in [0.2, 0.25) is 0 Å². The lowest BCUT2D eigenvalue weighted by atomic mass is 9.96. The number of urea groups is 1. The molecular weight excluding hydrogens is 488 g/mol.